The number of thiazole rings is 1. The van der Waals surface area contributed by atoms with Crippen LogP contribution in [0.2, 0.25) is 0 Å². The van der Waals surface area contributed by atoms with Crippen LogP contribution in [0, 0.1) is 6.92 Å². The summed E-state index contributed by atoms with van der Waals surface area (Å²) in [7, 11) is 0. The molecule has 0 aliphatic heterocycles. The molecule has 0 spiro atoms. The van der Waals surface area contributed by atoms with E-state index in [-0.39, 0.29) is 18.4 Å². The van der Waals surface area contributed by atoms with Crippen molar-refractivity contribution in [3.63, 3.8) is 0 Å². The van der Waals surface area contributed by atoms with Crippen LogP contribution < -0.4 is 10.1 Å². The van der Waals surface area contributed by atoms with Gasteiger partial charge in [-0.1, -0.05) is 24.6 Å². The Bertz CT molecular complexity index is 653. The largest absolute Gasteiger partial charge is 0.486 e. The molecule has 0 fully saturated rings. The van der Waals surface area contributed by atoms with E-state index in [2.05, 4.69) is 10.3 Å². The molecule has 6 heteroatoms. The van der Waals surface area contributed by atoms with Gasteiger partial charge in [0.2, 0.25) is 5.91 Å². The number of aryl methyl sites for hydroxylation is 1. The first-order valence-electron chi connectivity index (χ1n) is 8.08. The van der Waals surface area contributed by atoms with E-state index in [0.29, 0.717) is 13.0 Å². The third-order valence-corrected chi connectivity index (χ3v) is 4.56. The average Bonchev–Trinajstić information content (AvgIpc) is 2.99. The van der Waals surface area contributed by atoms with E-state index in [1.165, 1.54) is 16.9 Å². The zero-order chi connectivity index (χ0) is 17.5. The Kier molecular flexibility index (Phi) is 6.75. The molecule has 0 aliphatic carbocycles. The molecule has 2 rings (SSSR count). The summed E-state index contributed by atoms with van der Waals surface area (Å²) in [4.78, 5) is 16.4. The molecular formula is C18H24N2O3S. The number of hydrogen-bond donors (Lipinski definition) is 2. The summed E-state index contributed by atoms with van der Waals surface area (Å²) in [6.07, 6.45) is 0.341. The van der Waals surface area contributed by atoms with Gasteiger partial charge in [-0.2, -0.15) is 0 Å². The summed E-state index contributed by atoms with van der Waals surface area (Å²) >= 11 is 1.48. The van der Waals surface area contributed by atoms with Gasteiger partial charge < -0.3 is 15.2 Å². The van der Waals surface area contributed by atoms with Crippen LogP contribution in [0.1, 0.15) is 36.5 Å². The molecule has 1 aromatic carbocycles. The van der Waals surface area contributed by atoms with Crippen molar-refractivity contribution in [1.29, 1.82) is 0 Å². The molecule has 130 valence electrons. The Morgan fingerprint density at radius 3 is 2.71 bits per heavy atom. The van der Waals surface area contributed by atoms with Gasteiger partial charge in [-0.05, 0) is 32.4 Å². The van der Waals surface area contributed by atoms with E-state index in [9.17, 15) is 9.90 Å². The number of aromatic nitrogens is 1. The van der Waals surface area contributed by atoms with Crippen molar-refractivity contribution in [3.05, 3.63) is 45.9 Å². The average molecular weight is 348 g/mol. The molecule has 0 bridgehead atoms. The number of nitrogens with zero attached hydrogens (tertiary/aromatic N) is 1. The van der Waals surface area contributed by atoms with E-state index < -0.39 is 6.10 Å². The minimum absolute atomic E-state index is 0.126. The number of carbonyl (C=O) groups is 1. The van der Waals surface area contributed by atoms with Crippen molar-refractivity contribution < 1.29 is 14.6 Å². The monoisotopic (exact) mass is 348 g/mol. The number of aliphatic hydroxyl groups excluding tert-OH is 1. The van der Waals surface area contributed by atoms with Crippen molar-refractivity contribution in [3.8, 4) is 5.75 Å². The van der Waals surface area contributed by atoms with Crippen molar-refractivity contribution in [2.45, 2.75) is 52.4 Å². The lowest BCUT2D eigenvalue weighted by Gasteiger charge is -2.19. The van der Waals surface area contributed by atoms with Crippen LogP contribution in [-0.4, -0.2) is 28.1 Å². The highest BCUT2D eigenvalue weighted by Crippen LogP contribution is 2.16. The maximum atomic E-state index is 12.0. The minimum atomic E-state index is -0.562. The fourth-order valence-electron chi connectivity index (χ4n) is 2.26. The summed E-state index contributed by atoms with van der Waals surface area (Å²) in [6, 6.07) is 7.63. The number of ether oxygens (including phenoxy) is 1. The van der Waals surface area contributed by atoms with E-state index in [1.807, 2.05) is 43.5 Å². The predicted molar refractivity (Wildman–Crippen MR) is 95.2 cm³/mol. The van der Waals surface area contributed by atoms with E-state index in [0.717, 1.165) is 16.5 Å². The van der Waals surface area contributed by atoms with Crippen molar-refractivity contribution in [2.75, 3.05) is 0 Å². The van der Waals surface area contributed by atoms with Crippen LogP contribution in [0.3, 0.4) is 0 Å². The zero-order valence-corrected chi connectivity index (χ0v) is 15.1. The lowest BCUT2D eigenvalue weighted by atomic mass is 10.1. The van der Waals surface area contributed by atoms with Crippen LogP contribution in [0.15, 0.2) is 29.6 Å². The molecule has 0 aliphatic rings. The summed E-state index contributed by atoms with van der Waals surface area (Å²) in [5.74, 6) is 0.678. The van der Waals surface area contributed by atoms with Crippen LogP contribution in [0.5, 0.6) is 5.75 Å². The second kappa shape index (κ2) is 8.80. The first-order valence-corrected chi connectivity index (χ1v) is 8.96. The number of aliphatic hydroxyl groups is 1. The van der Waals surface area contributed by atoms with Gasteiger partial charge in [-0.3, -0.25) is 4.79 Å². The highest BCUT2D eigenvalue weighted by molar-refractivity contribution is 7.09. The molecule has 0 saturated heterocycles. The van der Waals surface area contributed by atoms with Gasteiger partial charge in [0.25, 0.3) is 0 Å². The molecule has 1 amide bonds. The molecule has 2 N–H and O–H groups in total. The Balaban J connectivity index is 1.84. The number of carbonyl (C=O) groups excluding carboxylic acids is 1. The first kappa shape index (κ1) is 18.4. The van der Waals surface area contributed by atoms with E-state index in [4.69, 9.17) is 4.74 Å². The van der Waals surface area contributed by atoms with Gasteiger partial charge in [-0.15, -0.1) is 11.3 Å². The second-order valence-electron chi connectivity index (χ2n) is 5.83. The predicted octanol–water partition coefficient (Wildman–Crippen LogP) is 2.85. The molecule has 0 radical (unpaired) electrons. The number of benzene rings is 1. The summed E-state index contributed by atoms with van der Waals surface area (Å²) in [6.45, 7) is 6.03. The fourth-order valence-corrected chi connectivity index (χ4v) is 2.97. The Labute approximate surface area is 146 Å². The van der Waals surface area contributed by atoms with Gasteiger partial charge in [0.15, 0.2) is 0 Å². The smallest absolute Gasteiger partial charge is 0.226 e. The zero-order valence-electron chi connectivity index (χ0n) is 14.3. The summed E-state index contributed by atoms with van der Waals surface area (Å²) in [5, 5.41) is 15.1. The molecule has 24 heavy (non-hydrogen) atoms. The molecule has 1 aromatic heterocycles. The number of nitrogens with one attached hydrogen (secondary N) is 1. The normalized spacial score (nSPS) is 13.3. The maximum Gasteiger partial charge on any atom is 0.226 e. The highest BCUT2D eigenvalue weighted by atomic mass is 32.1. The van der Waals surface area contributed by atoms with Gasteiger partial charge in [0.05, 0.1) is 24.3 Å². The van der Waals surface area contributed by atoms with Gasteiger partial charge in [0.1, 0.15) is 17.4 Å². The molecule has 1 heterocycles. The minimum Gasteiger partial charge on any atom is -0.486 e. The lowest BCUT2D eigenvalue weighted by molar-refractivity contribution is -0.122. The Morgan fingerprint density at radius 1 is 1.38 bits per heavy atom. The standard InChI is InChI=1S/C18H24N2O3S/c1-4-16(13(3)21)20-17(22)9-14-11-24-18(19-14)10-23-15-7-5-12(2)6-8-15/h5-8,11,13,16,21H,4,9-10H2,1-3H3,(H,20,22)/t13-,16-/m1/s1. The topological polar surface area (TPSA) is 71.5 Å². The van der Waals surface area contributed by atoms with E-state index >= 15 is 0 Å². The third-order valence-electron chi connectivity index (χ3n) is 3.69. The molecule has 0 saturated carbocycles. The Morgan fingerprint density at radius 2 is 2.08 bits per heavy atom. The number of hydrogen-bond acceptors (Lipinski definition) is 5. The van der Waals surface area contributed by atoms with Crippen molar-refractivity contribution in [2.24, 2.45) is 0 Å². The van der Waals surface area contributed by atoms with Crippen molar-refractivity contribution in [1.82, 2.24) is 10.3 Å². The molecule has 2 atom stereocenters. The summed E-state index contributed by atoms with van der Waals surface area (Å²) in [5.41, 5.74) is 1.91. The highest BCUT2D eigenvalue weighted by Gasteiger charge is 2.16. The van der Waals surface area contributed by atoms with Crippen LogP contribution in [-0.2, 0) is 17.8 Å². The SMILES string of the molecule is CC[C@@H](NC(=O)Cc1csc(COc2ccc(C)cc2)n1)[C@@H](C)O. The van der Waals surface area contributed by atoms with Gasteiger partial charge in [0, 0.05) is 5.38 Å². The van der Waals surface area contributed by atoms with Crippen molar-refractivity contribution >= 4 is 17.2 Å². The second-order valence-corrected chi connectivity index (χ2v) is 6.78. The quantitative estimate of drug-likeness (QED) is 0.769. The molecule has 0 unspecified atom stereocenters. The summed E-state index contributed by atoms with van der Waals surface area (Å²) < 4.78 is 5.69. The Hall–Kier alpha value is -1.92. The lowest BCUT2D eigenvalue weighted by Crippen LogP contribution is -2.42. The van der Waals surface area contributed by atoms with Gasteiger partial charge in [-0.25, -0.2) is 4.98 Å². The first-order chi connectivity index (χ1) is 11.5. The number of rotatable bonds is 8. The third kappa shape index (κ3) is 5.62. The van der Waals surface area contributed by atoms with E-state index in [1.54, 1.807) is 6.92 Å². The fraction of sp³-hybridized carbons (Fsp3) is 0.444. The molecular weight excluding hydrogens is 324 g/mol. The van der Waals surface area contributed by atoms with Gasteiger partial charge >= 0.3 is 0 Å². The van der Waals surface area contributed by atoms with Crippen LogP contribution in [0.25, 0.3) is 0 Å². The van der Waals surface area contributed by atoms with Crippen LogP contribution >= 0.6 is 11.3 Å². The number of amides is 1. The van der Waals surface area contributed by atoms with Crippen LogP contribution in [0.4, 0.5) is 0 Å². The molecule has 2 aromatic rings. The maximum absolute atomic E-state index is 12.0. The molecule has 5 nitrogen and oxygen atoms in total.